The van der Waals surface area contributed by atoms with Gasteiger partial charge in [0.2, 0.25) is 0 Å². The Bertz CT molecular complexity index is 3190. The van der Waals surface area contributed by atoms with Gasteiger partial charge < -0.3 is 4.42 Å². The quantitative estimate of drug-likeness (QED) is 0.177. The topological polar surface area (TPSA) is 13.1 Å². The molecule has 0 aliphatic heterocycles. The summed E-state index contributed by atoms with van der Waals surface area (Å²) in [4.78, 5) is 0. The van der Waals surface area contributed by atoms with Gasteiger partial charge in [0.1, 0.15) is 11.2 Å². The van der Waals surface area contributed by atoms with Crippen molar-refractivity contribution in [2.24, 2.45) is 0 Å². The zero-order chi connectivity index (χ0) is 38.4. The Labute approximate surface area is 294 Å². The van der Waals surface area contributed by atoms with E-state index in [1.807, 2.05) is 60.7 Å². The fraction of sp³-hybridized carbons (Fsp3) is 0. The second-order valence-corrected chi connectivity index (χ2v) is 12.3. The first-order chi connectivity index (χ1) is 27.2. The number of benzene rings is 9. The summed E-state index contributed by atoms with van der Waals surface area (Å²) in [5.41, 5.74) is 8.76. The highest BCUT2D eigenvalue weighted by Gasteiger charge is 2.20. The molecule has 49 heavy (non-hydrogen) atoms. The molecule has 228 valence electrons. The van der Waals surface area contributed by atoms with E-state index in [2.05, 4.69) is 78.9 Å². The molecule has 1 heterocycles. The van der Waals surface area contributed by atoms with Gasteiger partial charge in [-0.1, -0.05) is 164 Å². The van der Waals surface area contributed by atoms with Crippen LogP contribution < -0.4 is 0 Å². The van der Waals surface area contributed by atoms with Crippen LogP contribution in [-0.4, -0.2) is 0 Å². The maximum Gasteiger partial charge on any atom is 0.136 e. The molecule has 0 spiro atoms. The van der Waals surface area contributed by atoms with Crippen LogP contribution in [0.5, 0.6) is 0 Å². The first kappa shape index (κ1) is 21.4. The van der Waals surface area contributed by atoms with Gasteiger partial charge in [-0.05, 0) is 95.0 Å². The molecule has 0 saturated heterocycles. The molecule has 0 aliphatic rings. The molecule has 10 rings (SSSR count). The highest BCUT2D eigenvalue weighted by molar-refractivity contribution is 6.25. The van der Waals surface area contributed by atoms with Gasteiger partial charge in [-0.3, -0.25) is 0 Å². The summed E-state index contributed by atoms with van der Waals surface area (Å²) in [6.45, 7) is 0. The molecule has 0 fully saturated rings. The second kappa shape index (κ2) is 11.1. The number of hydrogen-bond donors (Lipinski definition) is 0. The minimum Gasteiger partial charge on any atom is -0.456 e. The molecule has 1 aromatic heterocycles. The van der Waals surface area contributed by atoms with Crippen LogP contribution in [-0.2, 0) is 0 Å². The average Bonchev–Trinajstić information content (AvgIpc) is 3.62. The van der Waals surface area contributed by atoms with Gasteiger partial charge in [0.25, 0.3) is 0 Å². The van der Waals surface area contributed by atoms with E-state index in [0.717, 1.165) is 76.9 Å². The summed E-state index contributed by atoms with van der Waals surface area (Å²) in [6, 6.07) is 44.8. The summed E-state index contributed by atoms with van der Waals surface area (Å²) in [6.07, 6.45) is 0. The Hall–Kier alpha value is -6.44. The molecule has 0 unspecified atom stereocenters. The van der Waals surface area contributed by atoms with E-state index >= 15 is 0 Å². The van der Waals surface area contributed by atoms with Crippen LogP contribution in [0.4, 0.5) is 0 Å². The van der Waals surface area contributed by atoms with Crippen molar-refractivity contribution < 1.29 is 14.0 Å². The lowest BCUT2D eigenvalue weighted by molar-refractivity contribution is 0.669. The molecule has 0 amide bonds. The lowest BCUT2D eigenvalue weighted by atomic mass is 9.84. The van der Waals surface area contributed by atoms with E-state index in [1.54, 1.807) is 0 Å². The van der Waals surface area contributed by atoms with Crippen LogP contribution >= 0.6 is 0 Å². The van der Waals surface area contributed by atoms with Crippen LogP contribution in [0.1, 0.15) is 9.60 Å². The fourth-order valence-corrected chi connectivity index (χ4v) is 7.41. The first-order valence-corrected chi connectivity index (χ1v) is 16.3. The molecule has 0 radical (unpaired) electrons. The standard InChI is InChI=1S/C48H30O/c1-2-12-31(13-3-1)35-28-29-44-43(30-35)48-42(22-11-23-45(48)49-44)47-40-19-8-6-17-38(40)46(39-18-7-9-20-41(39)47)34-26-24-33(25-27-34)37-21-10-15-32-14-4-5-16-36(32)37/h1-30H/i4D,5D,10D,14D,15D,16D,21D. The minimum absolute atomic E-state index is 0.0552. The number of rotatable bonds is 4. The lowest BCUT2D eigenvalue weighted by Gasteiger charge is -2.18. The van der Waals surface area contributed by atoms with Gasteiger partial charge >= 0.3 is 0 Å². The van der Waals surface area contributed by atoms with Gasteiger partial charge in [0.15, 0.2) is 0 Å². The summed E-state index contributed by atoms with van der Waals surface area (Å²) in [5, 5.41) is 6.38. The van der Waals surface area contributed by atoms with Crippen molar-refractivity contribution in [3.63, 3.8) is 0 Å². The third kappa shape index (κ3) is 4.40. The lowest BCUT2D eigenvalue weighted by Crippen LogP contribution is -1.91. The molecular weight excluding hydrogens is 593 g/mol. The van der Waals surface area contributed by atoms with Gasteiger partial charge in [0.05, 0.1) is 9.60 Å². The van der Waals surface area contributed by atoms with Crippen molar-refractivity contribution in [2.75, 3.05) is 0 Å². The Morgan fingerprint density at radius 3 is 1.76 bits per heavy atom. The zero-order valence-corrected chi connectivity index (χ0v) is 26.2. The summed E-state index contributed by atoms with van der Waals surface area (Å²) < 4.78 is 66.3. The number of furan rings is 1. The van der Waals surface area contributed by atoms with Gasteiger partial charge in [0, 0.05) is 10.8 Å². The molecular formula is C48H30O. The normalized spacial score (nSPS) is 13.7. The molecule has 1 heteroatoms. The molecule has 0 aliphatic carbocycles. The molecule has 0 N–H and O–H groups in total. The zero-order valence-electron chi connectivity index (χ0n) is 33.2. The van der Waals surface area contributed by atoms with Crippen LogP contribution in [0.3, 0.4) is 0 Å². The van der Waals surface area contributed by atoms with Gasteiger partial charge in [-0.25, -0.2) is 0 Å². The predicted molar refractivity (Wildman–Crippen MR) is 208 cm³/mol. The smallest absolute Gasteiger partial charge is 0.136 e. The van der Waals surface area contributed by atoms with Crippen molar-refractivity contribution >= 4 is 54.3 Å². The number of hydrogen-bond acceptors (Lipinski definition) is 1. The van der Waals surface area contributed by atoms with Crippen molar-refractivity contribution in [3.05, 3.63) is 182 Å². The predicted octanol–water partition coefficient (Wildman–Crippen LogP) is 13.7. The van der Waals surface area contributed by atoms with Crippen LogP contribution in [0, 0.1) is 0 Å². The minimum atomic E-state index is -0.467. The van der Waals surface area contributed by atoms with Crippen molar-refractivity contribution in [3.8, 4) is 44.5 Å². The molecule has 10 aromatic rings. The van der Waals surface area contributed by atoms with E-state index < -0.39 is 12.1 Å². The third-order valence-electron chi connectivity index (χ3n) is 9.58. The molecule has 0 saturated carbocycles. The summed E-state index contributed by atoms with van der Waals surface area (Å²) in [5.74, 6) is 0. The van der Waals surface area contributed by atoms with Crippen LogP contribution in [0.15, 0.2) is 186 Å². The van der Waals surface area contributed by atoms with E-state index in [0.29, 0.717) is 5.56 Å². The summed E-state index contributed by atoms with van der Waals surface area (Å²) >= 11 is 0. The van der Waals surface area contributed by atoms with Crippen LogP contribution in [0.25, 0.3) is 98.8 Å². The monoisotopic (exact) mass is 629 g/mol. The summed E-state index contributed by atoms with van der Waals surface area (Å²) in [7, 11) is 0. The SMILES string of the molecule is [2H]c1c([2H])c([2H])c2c(-c3ccc(-c4c5ccccc5c(-c5cccc6oc7ccc(-c8ccccc8)cc7c56)c5ccccc45)cc3)c([2H])c([2H])c([2H])c2c1[2H]. The molecule has 0 bridgehead atoms. The highest BCUT2D eigenvalue weighted by atomic mass is 16.3. The Balaban J connectivity index is 1.21. The Morgan fingerprint density at radius 2 is 1.00 bits per heavy atom. The highest BCUT2D eigenvalue weighted by Crippen LogP contribution is 2.47. The van der Waals surface area contributed by atoms with E-state index in [4.69, 9.17) is 14.0 Å². The maximum absolute atomic E-state index is 8.87. The average molecular weight is 630 g/mol. The fourth-order valence-electron chi connectivity index (χ4n) is 7.41. The number of fused-ring (bicyclic) bond motifs is 6. The van der Waals surface area contributed by atoms with Gasteiger partial charge in [-0.2, -0.15) is 0 Å². The molecule has 1 nitrogen and oxygen atoms in total. The third-order valence-corrected chi connectivity index (χ3v) is 9.58. The van der Waals surface area contributed by atoms with Gasteiger partial charge in [-0.15, -0.1) is 0 Å². The van der Waals surface area contributed by atoms with E-state index in [9.17, 15) is 0 Å². The molecule has 0 atom stereocenters. The van der Waals surface area contributed by atoms with Crippen LogP contribution in [0.2, 0.25) is 0 Å². The molecule has 9 aromatic carbocycles. The van der Waals surface area contributed by atoms with Crippen molar-refractivity contribution in [1.29, 1.82) is 0 Å². The Morgan fingerprint density at radius 1 is 0.367 bits per heavy atom. The Kier molecular flexibility index (Phi) is 4.85. The van der Waals surface area contributed by atoms with Crippen molar-refractivity contribution in [2.45, 2.75) is 0 Å². The first-order valence-electron chi connectivity index (χ1n) is 19.8. The van der Waals surface area contributed by atoms with E-state index in [1.165, 1.54) is 0 Å². The largest absolute Gasteiger partial charge is 0.456 e. The van der Waals surface area contributed by atoms with Crippen molar-refractivity contribution in [1.82, 2.24) is 0 Å². The van der Waals surface area contributed by atoms with E-state index in [-0.39, 0.29) is 46.5 Å². The maximum atomic E-state index is 8.87. The second-order valence-electron chi connectivity index (χ2n) is 12.3.